The maximum absolute atomic E-state index is 11.4. The molecular weight excluding hydrogens is 224 g/mol. The number of aliphatic carboxylic acids is 1. The number of hydrogen-bond donors (Lipinski definition) is 2. The van der Waals surface area contributed by atoms with Crippen molar-refractivity contribution < 1.29 is 19.5 Å². The lowest BCUT2D eigenvalue weighted by Crippen LogP contribution is -2.44. The predicted molar refractivity (Wildman–Crippen MR) is 62.4 cm³/mol. The van der Waals surface area contributed by atoms with Crippen molar-refractivity contribution in [1.29, 1.82) is 0 Å². The van der Waals surface area contributed by atoms with Gasteiger partial charge in [0.05, 0.1) is 12.0 Å². The number of nitrogens with zero attached hydrogens (tertiary/aromatic N) is 1. The lowest BCUT2D eigenvalue weighted by Gasteiger charge is -2.24. The minimum absolute atomic E-state index is 0.0589. The zero-order valence-corrected chi connectivity index (χ0v) is 10.7. The van der Waals surface area contributed by atoms with Gasteiger partial charge in [-0.3, -0.25) is 14.4 Å². The van der Waals surface area contributed by atoms with Crippen LogP contribution in [-0.2, 0) is 14.4 Å². The van der Waals surface area contributed by atoms with Gasteiger partial charge in [-0.2, -0.15) is 0 Å². The quantitative estimate of drug-likeness (QED) is 0.693. The molecule has 0 aliphatic heterocycles. The molecule has 0 aromatic rings. The van der Waals surface area contributed by atoms with Crippen LogP contribution in [0, 0.1) is 5.41 Å². The van der Waals surface area contributed by atoms with E-state index in [9.17, 15) is 14.4 Å². The first-order valence-corrected chi connectivity index (χ1v) is 5.44. The standard InChI is InChI=1S/C11H20N2O4/c1-5-11(3,10(16)17)7-12-9(15)6-13(4)8(2)14/h5-7H2,1-4H3,(H,12,15)(H,16,17). The molecule has 1 unspecified atom stereocenters. The van der Waals surface area contributed by atoms with Gasteiger partial charge in [0, 0.05) is 20.5 Å². The van der Waals surface area contributed by atoms with Gasteiger partial charge < -0.3 is 15.3 Å². The summed E-state index contributed by atoms with van der Waals surface area (Å²) in [6, 6.07) is 0. The van der Waals surface area contributed by atoms with E-state index < -0.39 is 11.4 Å². The Hall–Kier alpha value is -1.59. The number of carbonyl (C=O) groups is 3. The average molecular weight is 244 g/mol. The van der Waals surface area contributed by atoms with Crippen molar-refractivity contribution in [1.82, 2.24) is 10.2 Å². The third kappa shape index (κ3) is 4.84. The highest BCUT2D eigenvalue weighted by atomic mass is 16.4. The predicted octanol–water partition coefficient (Wildman–Crippen LogP) is 0.0818. The van der Waals surface area contributed by atoms with Crippen LogP contribution in [0.1, 0.15) is 27.2 Å². The summed E-state index contributed by atoms with van der Waals surface area (Å²) < 4.78 is 0. The van der Waals surface area contributed by atoms with E-state index in [2.05, 4.69) is 5.32 Å². The molecule has 0 saturated heterocycles. The number of amides is 2. The zero-order chi connectivity index (χ0) is 13.6. The lowest BCUT2D eigenvalue weighted by molar-refractivity contribution is -0.148. The molecule has 0 fully saturated rings. The molecule has 6 heteroatoms. The smallest absolute Gasteiger partial charge is 0.311 e. The van der Waals surface area contributed by atoms with E-state index in [-0.39, 0.29) is 24.9 Å². The second kappa shape index (κ2) is 6.22. The van der Waals surface area contributed by atoms with Gasteiger partial charge in [-0.05, 0) is 13.3 Å². The van der Waals surface area contributed by atoms with E-state index in [1.54, 1.807) is 13.8 Å². The Morgan fingerprint density at radius 1 is 1.35 bits per heavy atom. The van der Waals surface area contributed by atoms with Crippen LogP contribution in [0.3, 0.4) is 0 Å². The zero-order valence-electron chi connectivity index (χ0n) is 10.7. The number of likely N-dealkylation sites (N-methyl/N-ethyl adjacent to an activating group) is 1. The molecule has 0 bridgehead atoms. The highest BCUT2D eigenvalue weighted by Gasteiger charge is 2.31. The largest absolute Gasteiger partial charge is 0.481 e. The van der Waals surface area contributed by atoms with Crippen LogP contribution in [-0.4, -0.2) is 47.9 Å². The molecule has 2 N–H and O–H groups in total. The molecule has 98 valence electrons. The molecule has 17 heavy (non-hydrogen) atoms. The van der Waals surface area contributed by atoms with Crippen LogP contribution in [0.15, 0.2) is 0 Å². The second-order valence-electron chi connectivity index (χ2n) is 4.37. The molecule has 0 heterocycles. The Balaban J connectivity index is 4.24. The minimum Gasteiger partial charge on any atom is -0.481 e. The van der Waals surface area contributed by atoms with Crippen LogP contribution < -0.4 is 5.32 Å². The van der Waals surface area contributed by atoms with Crippen molar-refractivity contribution in [2.24, 2.45) is 5.41 Å². The van der Waals surface area contributed by atoms with Crippen molar-refractivity contribution in [2.75, 3.05) is 20.1 Å². The van der Waals surface area contributed by atoms with E-state index in [4.69, 9.17) is 5.11 Å². The van der Waals surface area contributed by atoms with Crippen LogP contribution in [0.2, 0.25) is 0 Å². The highest BCUT2D eigenvalue weighted by Crippen LogP contribution is 2.19. The Morgan fingerprint density at radius 3 is 2.24 bits per heavy atom. The third-order valence-corrected chi connectivity index (χ3v) is 2.89. The fraction of sp³-hybridized carbons (Fsp3) is 0.727. The van der Waals surface area contributed by atoms with Crippen LogP contribution in [0.4, 0.5) is 0 Å². The summed E-state index contributed by atoms with van der Waals surface area (Å²) in [6.07, 6.45) is 0.422. The van der Waals surface area contributed by atoms with Gasteiger partial charge in [0.1, 0.15) is 0 Å². The summed E-state index contributed by atoms with van der Waals surface area (Å²) in [5, 5.41) is 11.5. The number of hydrogen-bond acceptors (Lipinski definition) is 3. The number of nitrogens with one attached hydrogen (secondary N) is 1. The minimum atomic E-state index is -0.968. The summed E-state index contributed by atoms with van der Waals surface area (Å²) in [7, 11) is 1.51. The molecule has 0 aromatic heterocycles. The highest BCUT2D eigenvalue weighted by molar-refractivity contribution is 5.84. The van der Waals surface area contributed by atoms with Gasteiger partial charge in [-0.15, -0.1) is 0 Å². The topological polar surface area (TPSA) is 86.7 Å². The normalized spacial score (nSPS) is 13.6. The third-order valence-electron chi connectivity index (χ3n) is 2.89. The summed E-state index contributed by atoms with van der Waals surface area (Å²) in [5.74, 6) is -1.51. The first kappa shape index (κ1) is 15.4. The van der Waals surface area contributed by atoms with Gasteiger partial charge in [-0.1, -0.05) is 6.92 Å². The monoisotopic (exact) mass is 244 g/mol. The SMILES string of the molecule is CCC(C)(CNC(=O)CN(C)C(C)=O)C(=O)O. The molecule has 0 aliphatic rings. The summed E-state index contributed by atoms with van der Waals surface area (Å²) in [4.78, 5) is 34.6. The number of carboxylic acid groups (broad SMARTS) is 1. The molecule has 2 amide bonds. The Kier molecular flexibility index (Phi) is 5.64. The molecule has 0 saturated carbocycles. The Labute approximate surface area is 101 Å². The molecule has 0 radical (unpaired) electrons. The maximum atomic E-state index is 11.4. The van der Waals surface area contributed by atoms with E-state index in [1.165, 1.54) is 18.9 Å². The first-order chi connectivity index (χ1) is 7.73. The molecular formula is C11H20N2O4. The van der Waals surface area contributed by atoms with Crippen molar-refractivity contribution in [3.05, 3.63) is 0 Å². The Bertz CT molecular complexity index is 317. The van der Waals surface area contributed by atoms with Gasteiger partial charge in [0.25, 0.3) is 0 Å². The van der Waals surface area contributed by atoms with Gasteiger partial charge in [0.2, 0.25) is 11.8 Å². The van der Waals surface area contributed by atoms with Gasteiger partial charge >= 0.3 is 5.97 Å². The Morgan fingerprint density at radius 2 is 1.88 bits per heavy atom. The maximum Gasteiger partial charge on any atom is 0.311 e. The van der Waals surface area contributed by atoms with Crippen LogP contribution in [0.5, 0.6) is 0 Å². The van der Waals surface area contributed by atoms with E-state index in [0.29, 0.717) is 6.42 Å². The van der Waals surface area contributed by atoms with Crippen LogP contribution >= 0.6 is 0 Å². The number of carbonyl (C=O) groups excluding carboxylic acids is 2. The molecule has 6 nitrogen and oxygen atoms in total. The van der Waals surface area contributed by atoms with Crippen molar-refractivity contribution >= 4 is 17.8 Å². The van der Waals surface area contributed by atoms with Gasteiger partial charge in [-0.25, -0.2) is 0 Å². The summed E-state index contributed by atoms with van der Waals surface area (Å²) in [5.41, 5.74) is -0.968. The molecule has 0 rings (SSSR count). The van der Waals surface area contributed by atoms with E-state index in [1.807, 2.05) is 0 Å². The fourth-order valence-corrected chi connectivity index (χ4v) is 1.03. The molecule has 0 aromatic carbocycles. The van der Waals surface area contributed by atoms with Crippen molar-refractivity contribution in [2.45, 2.75) is 27.2 Å². The number of rotatable bonds is 6. The van der Waals surface area contributed by atoms with E-state index >= 15 is 0 Å². The van der Waals surface area contributed by atoms with Crippen LogP contribution in [0.25, 0.3) is 0 Å². The average Bonchev–Trinajstić information content (AvgIpc) is 2.25. The first-order valence-electron chi connectivity index (χ1n) is 5.44. The molecule has 1 atom stereocenters. The van der Waals surface area contributed by atoms with Gasteiger partial charge in [0.15, 0.2) is 0 Å². The lowest BCUT2D eigenvalue weighted by atomic mass is 9.88. The second-order valence-corrected chi connectivity index (χ2v) is 4.37. The summed E-state index contributed by atoms with van der Waals surface area (Å²) in [6.45, 7) is 4.69. The van der Waals surface area contributed by atoms with Crippen molar-refractivity contribution in [3.63, 3.8) is 0 Å². The summed E-state index contributed by atoms with van der Waals surface area (Å²) >= 11 is 0. The fourth-order valence-electron chi connectivity index (χ4n) is 1.03. The molecule has 0 spiro atoms. The van der Waals surface area contributed by atoms with Crippen molar-refractivity contribution in [3.8, 4) is 0 Å². The molecule has 0 aliphatic carbocycles. The van der Waals surface area contributed by atoms with E-state index in [0.717, 1.165) is 0 Å². The number of carboxylic acids is 1.